The zero-order chi connectivity index (χ0) is 18.4. The first kappa shape index (κ1) is 15.2. The number of benzene rings is 1. The van der Waals surface area contributed by atoms with Crippen molar-refractivity contribution in [3.63, 3.8) is 0 Å². The molecule has 1 saturated carbocycles. The smallest absolute Gasteiger partial charge is 0.255 e. The predicted molar refractivity (Wildman–Crippen MR) is 96.8 cm³/mol. The fourth-order valence-corrected chi connectivity index (χ4v) is 5.34. The molecule has 136 valence electrons. The molecule has 2 atom stereocenters. The summed E-state index contributed by atoms with van der Waals surface area (Å²) >= 11 is 0. The third-order valence-electron chi connectivity index (χ3n) is 6.55. The number of carbonyl (C=O) groups is 1. The average Bonchev–Trinajstić information content (AvgIpc) is 3.12. The highest BCUT2D eigenvalue weighted by Crippen LogP contribution is 2.57. The van der Waals surface area contributed by atoms with Gasteiger partial charge in [-0.25, -0.2) is 14.5 Å². The number of hydrazine groups is 1. The van der Waals surface area contributed by atoms with Crippen molar-refractivity contribution >= 4 is 12.0 Å². The monoisotopic (exact) mass is 363 g/mol. The summed E-state index contributed by atoms with van der Waals surface area (Å²) in [4.78, 5) is 12.9. The standard InChI is InChI=1S/C20H18FN5O/c1-12-23-18(27)20-8-2-3-14-9-17-13(10-19(14,20)24-26(12)20)11-22-25(17)16-6-4-15(21)5-7-16/h4-7,9,11,24H,1-3,8,10H2,(H,23,27)/t19-,20+/m1/s1. The highest BCUT2D eigenvalue weighted by molar-refractivity contribution is 5.96. The van der Waals surface area contributed by atoms with Crippen LogP contribution in [0.1, 0.15) is 30.5 Å². The van der Waals surface area contributed by atoms with E-state index in [0.29, 0.717) is 12.2 Å². The van der Waals surface area contributed by atoms with Crippen LogP contribution in [0.25, 0.3) is 11.8 Å². The van der Waals surface area contributed by atoms with Gasteiger partial charge in [-0.05, 0) is 55.2 Å². The van der Waals surface area contributed by atoms with Crippen molar-refractivity contribution in [3.8, 4) is 5.69 Å². The first-order chi connectivity index (χ1) is 13.0. The SMILES string of the molecule is C=C1NC(=O)[C@@]23CCCC4=Cc5c(cnn5-c5ccc(F)cc5)C[C@@]42NN13. The molecule has 2 aromatic rings. The van der Waals surface area contributed by atoms with Crippen LogP contribution in [-0.4, -0.2) is 31.8 Å². The van der Waals surface area contributed by atoms with Crippen LogP contribution in [0.4, 0.5) is 4.39 Å². The van der Waals surface area contributed by atoms with E-state index in [0.717, 1.165) is 36.2 Å². The van der Waals surface area contributed by atoms with Crippen LogP contribution in [0.2, 0.25) is 0 Å². The van der Waals surface area contributed by atoms with E-state index in [9.17, 15) is 9.18 Å². The second kappa shape index (κ2) is 4.67. The summed E-state index contributed by atoms with van der Waals surface area (Å²) in [6.45, 7) is 3.97. The lowest BCUT2D eigenvalue weighted by Gasteiger charge is -2.66. The second-order valence-electron chi connectivity index (χ2n) is 7.76. The molecule has 7 heteroatoms. The van der Waals surface area contributed by atoms with Crippen molar-refractivity contribution in [3.05, 3.63) is 65.5 Å². The van der Waals surface area contributed by atoms with Gasteiger partial charge in [0.1, 0.15) is 11.6 Å². The Morgan fingerprint density at radius 2 is 2.07 bits per heavy atom. The molecule has 6 rings (SSSR count). The average molecular weight is 363 g/mol. The number of fused-ring (bicyclic) bond motifs is 1. The molecule has 0 bridgehead atoms. The lowest BCUT2D eigenvalue weighted by molar-refractivity contribution is -0.162. The molecule has 2 aliphatic heterocycles. The summed E-state index contributed by atoms with van der Waals surface area (Å²) in [5.41, 5.74) is 6.67. The number of amides is 1. The molecule has 3 fully saturated rings. The number of nitrogens with one attached hydrogen (secondary N) is 2. The number of halogens is 1. The molecule has 0 radical (unpaired) electrons. The molecule has 1 aromatic heterocycles. The number of hydrogen-bond donors (Lipinski definition) is 2. The van der Waals surface area contributed by atoms with Gasteiger partial charge in [0.25, 0.3) is 5.91 Å². The summed E-state index contributed by atoms with van der Waals surface area (Å²) in [5.74, 6) is 0.392. The van der Waals surface area contributed by atoms with Crippen molar-refractivity contribution in [2.75, 3.05) is 0 Å². The Balaban J connectivity index is 1.48. The molecule has 1 aromatic carbocycles. The van der Waals surface area contributed by atoms with E-state index in [4.69, 9.17) is 0 Å². The molecule has 2 N–H and O–H groups in total. The quantitative estimate of drug-likeness (QED) is 0.814. The Morgan fingerprint density at radius 3 is 2.85 bits per heavy atom. The van der Waals surface area contributed by atoms with Crippen LogP contribution in [0.3, 0.4) is 0 Å². The number of aromatic nitrogens is 2. The van der Waals surface area contributed by atoms with Gasteiger partial charge >= 0.3 is 0 Å². The maximum absolute atomic E-state index is 13.3. The molecule has 2 saturated heterocycles. The molecule has 6 nitrogen and oxygen atoms in total. The Bertz CT molecular complexity index is 1050. The van der Waals surface area contributed by atoms with Gasteiger partial charge in [0.2, 0.25) is 0 Å². The zero-order valence-corrected chi connectivity index (χ0v) is 14.6. The molecular formula is C20H18FN5O. The predicted octanol–water partition coefficient (Wildman–Crippen LogP) is 2.03. The zero-order valence-electron chi connectivity index (χ0n) is 14.6. The van der Waals surface area contributed by atoms with E-state index in [1.54, 1.807) is 12.1 Å². The van der Waals surface area contributed by atoms with Crippen LogP contribution >= 0.6 is 0 Å². The Hall–Kier alpha value is -2.93. The van der Waals surface area contributed by atoms with Gasteiger partial charge in [0, 0.05) is 12.0 Å². The first-order valence-electron chi connectivity index (χ1n) is 9.17. The summed E-state index contributed by atoms with van der Waals surface area (Å²) < 4.78 is 15.1. The van der Waals surface area contributed by atoms with Crippen LogP contribution in [0.5, 0.6) is 0 Å². The minimum Gasteiger partial charge on any atom is -0.310 e. The first-order valence-corrected chi connectivity index (χ1v) is 9.17. The van der Waals surface area contributed by atoms with Gasteiger partial charge in [-0.1, -0.05) is 6.58 Å². The van der Waals surface area contributed by atoms with Gasteiger partial charge in [-0.3, -0.25) is 9.80 Å². The van der Waals surface area contributed by atoms with Gasteiger partial charge < -0.3 is 5.32 Å². The van der Waals surface area contributed by atoms with Gasteiger partial charge in [-0.15, -0.1) is 0 Å². The van der Waals surface area contributed by atoms with Crippen molar-refractivity contribution in [2.45, 2.75) is 36.8 Å². The third kappa shape index (κ3) is 1.60. The van der Waals surface area contributed by atoms with Crippen molar-refractivity contribution < 1.29 is 9.18 Å². The van der Waals surface area contributed by atoms with Crippen molar-refractivity contribution in [1.82, 2.24) is 25.5 Å². The lowest BCUT2D eigenvalue weighted by Crippen LogP contribution is -2.88. The number of hydrogen-bond acceptors (Lipinski definition) is 4. The minimum atomic E-state index is -0.593. The Morgan fingerprint density at radius 1 is 1.26 bits per heavy atom. The van der Waals surface area contributed by atoms with E-state index in [1.165, 1.54) is 17.7 Å². The molecule has 0 unspecified atom stereocenters. The van der Waals surface area contributed by atoms with Crippen LogP contribution in [0, 0.1) is 5.82 Å². The number of carbonyl (C=O) groups excluding carboxylic acids is 1. The van der Waals surface area contributed by atoms with Crippen molar-refractivity contribution in [1.29, 1.82) is 0 Å². The normalized spacial score (nSPS) is 30.6. The highest BCUT2D eigenvalue weighted by atomic mass is 19.1. The highest BCUT2D eigenvalue weighted by Gasteiger charge is 2.74. The molecule has 1 amide bonds. The Labute approximate surface area is 155 Å². The molecule has 27 heavy (non-hydrogen) atoms. The van der Waals surface area contributed by atoms with E-state index in [-0.39, 0.29) is 11.7 Å². The van der Waals surface area contributed by atoms with Gasteiger partial charge in [0.15, 0.2) is 5.54 Å². The fourth-order valence-electron chi connectivity index (χ4n) is 5.34. The molecule has 2 aliphatic carbocycles. The molecular weight excluding hydrogens is 345 g/mol. The lowest BCUT2D eigenvalue weighted by atomic mass is 9.57. The maximum Gasteiger partial charge on any atom is 0.255 e. The number of nitrogens with zero attached hydrogens (tertiary/aromatic N) is 3. The van der Waals surface area contributed by atoms with E-state index in [1.807, 2.05) is 15.9 Å². The van der Waals surface area contributed by atoms with Gasteiger partial charge in [0.05, 0.1) is 23.1 Å². The Kier molecular flexibility index (Phi) is 2.62. The molecule has 4 aliphatic rings. The summed E-state index contributed by atoms with van der Waals surface area (Å²) in [5, 5.41) is 9.36. The molecule has 2 spiro atoms. The maximum atomic E-state index is 13.3. The second-order valence-corrected chi connectivity index (χ2v) is 7.76. The minimum absolute atomic E-state index is 0.0335. The largest absolute Gasteiger partial charge is 0.310 e. The topological polar surface area (TPSA) is 62.2 Å². The summed E-state index contributed by atoms with van der Waals surface area (Å²) in [7, 11) is 0. The van der Waals surface area contributed by atoms with Crippen molar-refractivity contribution in [2.24, 2.45) is 0 Å². The van der Waals surface area contributed by atoms with Crippen LogP contribution < -0.4 is 10.7 Å². The van der Waals surface area contributed by atoms with E-state index in [2.05, 4.69) is 28.5 Å². The summed E-state index contributed by atoms with van der Waals surface area (Å²) in [6, 6.07) is 6.34. The van der Waals surface area contributed by atoms with E-state index >= 15 is 0 Å². The summed E-state index contributed by atoms with van der Waals surface area (Å²) in [6.07, 6.45) is 7.42. The third-order valence-corrected chi connectivity index (χ3v) is 6.55. The number of rotatable bonds is 1. The van der Waals surface area contributed by atoms with Crippen LogP contribution in [-0.2, 0) is 11.2 Å². The molecule has 3 heterocycles. The fraction of sp³-hybridized carbons (Fsp3) is 0.300. The van der Waals surface area contributed by atoms with E-state index < -0.39 is 11.1 Å². The van der Waals surface area contributed by atoms with Gasteiger partial charge in [-0.2, -0.15) is 5.10 Å². The van der Waals surface area contributed by atoms with Crippen LogP contribution in [0.15, 0.2) is 48.4 Å².